The standard InChI is InChI=1S/C17H18N4O2S/c1-12-7-19-14(8-18-12)16(23)20-4-3-17(10-20)6-15(22)21(11-17)13-2-5-24-9-13/h2,5,7-9H,3-4,6,10-11H2,1H3/t17-/m1/s1. The number of hydrogen-bond donors (Lipinski definition) is 0. The van der Waals surface area contributed by atoms with Crippen LogP contribution in [0.2, 0.25) is 0 Å². The Balaban J connectivity index is 1.49. The van der Waals surface area contributed by atoms with Crippen molar-refractivity contribution >= 4 is 28.8 Å². The van der Waals surface area contributed by atoms with Gasteiger partial charge in [0.1, 0.15) is 5.69 Å². The molecule has 0 saturated carbocycles. The van der Waals surface area contributed by atoms with Gasteiger partial charge in [-0.25, -0.2) is 4.98 Å². The lowest BCUT2D eigenvalue weighted by molar-refractivity contribution is -0.117. The smallest absolute Gasteiger partial charge is 0.274 e. The molecular weight excluding hydrogens is 324 g/mol. The van der Waals surface area contributed by atoms with Crippen LogP contribution in [0.5, 0.6) is 0 Å². The van der Waals surface area contributed by atoms with Crippen LogP contribution in [0.1, 0.15) is 29.0 Å². The third-order valence-corrected chi connectivity index (χ3v) is 5.54. The SMILES string of the molecule is Cc1cnc(C(=O)N2CC[C@@]3(CC(=O)N(c4ccsc4)C3)C2)cn1. The lowest BCUT2D eigenvalue weighted by Gasteiger charge is -2.23. The molecule has 24 heavy (non-hydrogen) atoms. The highest BCUT2D eigenvalue weighted by Crippen LogP contribution is 2.42. The molecule has 2 aromatic rings. The van der Waals surface area contributed by atoms with Crippen molar-refractivity contribution in [2.75, 3.05) is 24.5 Å². The molecule has 6 nitrogen and oxygen atoms in total. The van der Waals surface area contributed by atoms with Crippen molar-refractivity contribution in [2.24, 2.45) is 5.41 Å². The molecule has 124 valence electrons. The monoisotopic (exact) mass is 342 g/mol. The van der Waals surface area contributed by atoms with Crippen LogP contribution in [-0.2, 0) is 4.79 Å². The first-order valence-electron chi connectivity index (χ1n) is 7.97. The van der Waals surface area contributed by atoms with Crippen molar-refractivity contribution in [3.8, 4) is 0 Å². The summed E-state index contributed by atoms with van der Waals surface area (Å²) in [4.78, 5) is 37.0. The second-order valence-electron chi connectivity index (χ2n) is 6.66. The summed E-state index contributed by atoms with van der Waals surface area (Å²) in [6.07, 6.45) is 4.49. The summed E-state index contributed by atoms with van der Waals surface area (Å²) in [5.74, 6) is 0.0543. The van der Waals surface area contributed by atoms with Crippen molar-refractivity contribution < 1.29 is 9.59 Å². The number of nitrogens with zero attached hydrogens (tertiary/aromatic N) is 4. The number of hydrogen-bond acceptors (Lipinski definition) is 5. The van der Waals surface area contributed by atoms with Crippen LogP contribution in [0.15, 0.2) is 29.2 Å². The highest BCUT2D eigenvalue weighted by atomic mass is 32.1. The molecule has 0 radical (unpaired) electrons. The van der Waals surface area contributed by atoms with Crippen LogP contribution in [0.4, 0.5) is 5.69 Å². The van der Waals surface area contributed by atoms with Gasteiger partial charge in [-0.3, -0.25) is 14.6 Å². The van der Waals surface area contributed by atoms with Gasteiger partial charge in [-0.2, -0.15) is 11.3 Å². The molecule has 7 heteroatoms. The number of likely N-dealkylation sites (tertiary alicyclic amines) is 1. The Morgan fingerprint density at radius 1 is 1.29 bits per heavy atom. The first-order valence-corrected chi connectivity index (χ1v) is 8.91. The van der Waals surface area contributed by atoms with E-state index in [1.54, 1.807) is 17.5 Å². The zero-order valence-electron chi connectivity index (χ0n) is 13.4. The van der Waals surface area contributed by atoms with E-state index in [2.05, 4.69) is 9.97 Å². The molecule has 2 fully saturated rings. The number of carbonyl (C=O) groups is 2. The second kappa shape index (κ2) is 5.66. The number of aromatic nitrogens is 2. The van der Waals surface area contributed by atoms with Crippen molar-refractivity contribution in [3.63, 3.8) is 0 Å². The number of aryl methyl sites for hydroxylation is 1. The lowest BCUT2D eigenvalue weighted by atomic mass is 9.86. The summed E-state index contributed by atoms with van der Waals surface area (Å²) < 4.78 is 0. The Hall–Kier alpha value is -2.28. The average molecular weight is 342 g/mol. The van der Waals surface area contributed by atoms with E-state index in [4.69, 9.17) is 0 Å². The van der Waals surface area contributed by atoms with Crippen molar-refractivity contribution in [1.29, 1.82) is 0 Å². The van der Waals surface area contributed by atoms with E-state index in [0.717, 1.165) is 17.8 Å². The Morgan fingerprint density at radius 2 is 2.17 bits per heavy atom. The highest BCUT2D eigenvalue weighted by molar-refractivity contribution is 7.08. The second-order valence-corrected chi connectivity index (χ2v) is 7.44. The summed E-state index contributed by atoms with van der Waals surface area (Å²) in [7, 11) is 0. The maximum absolute atomic E-state index is 12.6. The van der Waals surface area contributed by atoms with Gasteiger partial charge >= 0.3 is 0 Å². The molecule has 2 aromatic heterocycles. The zero-order chi connectivity index (χ0) is 16.7. The van der Waals surface area contributed by atoms with E-state index in [1.807, 2.05) is 33.6 Å². The van der Waals surface area contributed by atoms with Crippen LogP contribution in [0, 0.1) is 12.3 Å². The fourth-order valence-corrected chi connectivity index (χ4v) is 4.23. The van der Waals surface area contributed by atoms with E-state index in [9.17, 15) is 9.59 Å². The van der Waals surface area contributed by atoms with Crippen LogP contribution in [0.25, 0.3) is 0 Å². The minimum atomic E-state index is -0.132. The molecule has 0 unspecified atom stereocenters. The minimum Gasteiger partial charge on any atom is -0.337 e. The van der Waals surface area contributed by atoms with E-state index in [1.165, 1.54) is 6.20 Å². The van der Waals surface area contributed by atoms with Gasteiger partial charge in [0.25, 0.3) is 5.91 Å². The Kier molecular flexibility index (Phi) is 3.60. The predicted molar refractivity (Wildman–Crippen MR) is 91.0 cm³/mol. The van der Waals surface area contributed by atoms with Crippen molar-refractivity contribution in [1.82, 2.24) is 14.9 Å². The fourth-order valence-electron chi connectivity index (χ4n) is 3.59. The van der Waals surface area contributed by atoms with Crippen molar-refractivity contribution in [3.05, 3.63) is 40.6 Å². The molecule has 0 N–H and O–H groups in total. The Labute approximate surface area is 144 Å². The van der Waals surface area contributed by atoms with Gasteiger partial charge in [-0.15, -0.1) is 0 Å². The van der Waals surface area contributed by atoms with Gasteiger partial charge in [0.2, 0.25) is 5.91 Å². The van der Waals surface area contributed by atoms with Crippen LogP contribution < -0.4 is 4.90 Å². The summed E-state index contributed by atoms with van der Waals surface area (Å²) in [6.45, 7) is 3.80. The molecule has 2 aliphatic rings. The highest BCUT2D eigenvalue weighted by Gasteiger charge is 2.49. The molecule has 2 aliphatic heterocycles. The van der Waals surface area contributed by atoms with E-state index in [0.29, 0.717) is 31.7 Å². The number of carbonyl (C=O) groups excluding carboxylic acids is 2. The summed E-state index contributed by atoms with van der Waals surface area (Å²) in [5, 5.41) is 3.98. The van der Waals surface area contributed by atoms with Gasteiger partial charge in [0.05, 0.1) is 17.6 Å². The average Bonchev–Trinajstić information content (AvgIpc) is 3.29. The predicted octanol–water partition coefficient (Wildman–Crippen LogP) is 2.12. The van der Waals surface area contributed by atoms with Gasteiger partial charge < -0.3 is 9.80 Å². The minimum absolute atomic E-state index is 0.0965. The van der Waals surface area contributed by atoms with Gasteiger partial charge in [0.15, 0.2) is 0 Å². The zero-order valence-corrected chi connectivity index (χ0v) is 14.3. The summed E-state index contributed by atoms with van der Waals surface area (Å²) in [5.41, 5.74) is 2.00. The first kappa shape index (κ1) is 15.3. The Morgan fingerprint density at radius 3 is 2.88 bits per heavy atom. The van der Waals surface area contributed by atoms with E-state index >= 15 is 0 Å². The van der Waals surface area contributed by atoms with Gasteiger partial charge in [-0.1, -0.05) is 0 Å². The third kappa shape index (κ3) is 2.58. The molecule has 1 spiro atoms. The normalized spacial score (nSPS) is 23.5. The number of anilines is 1. The van der Waals surface area contributed by atoms with Crippen LogP contribution in [0.3, 0.4) is 0 Å². The topological polar surface area (TPSA) is 66.4 Å². The summed E-state index contributed by atoms with van der Waals surface area (Å²) >= 11 is 1.59. The molecule has 2 saturated heterocycles. The molecule has 0 aliphatic carbocycles. The van der Waals surface area contributed by atoms with Crippen LogP contribution in [-0.4, -0.2) is 46.3 Å². The first-order chi connectivity index (χ1) is 11.6. The van der Waals surface area contributed by atoms with E-state index < -0.39 is 0 Å². The molecular formula is C17H18N4O2S. The van der Waals surface area contributed by atoms with Crippen LogP contribution >= 0.6 is 11.3 Å². The number of thiophene rings is 1. The Bertz CT molecular complexity index is 774. The maximum atomic E-state index is 12.6. The third-order valence-electron chi connectivity index (χ3n) is 4.86. The number of amides is 2. The van der Waals surface area contributed by atoms with Gasteiger partial charge in [0, 0.05) is 43.0 Å². The van der Waals surface area contributed by atoms with Crippen molar-refractivity contribution in [2.45, 2.75) is 19.8 Å². The molecule has 2 amide bonds. The molecule has 0 aromatic carbocycles. The molecule has 4 heterocycles. The lowest BCUT2D eigenvalue weighted by Crippen LogP contribution is -2.34. The number of rotatable bonds is 2. The quantitative estimate of drug-likeness (QED) is 0.838. The summed E-state index contributed by atoms with van der Waals surface area (Å²) in [6, 6.07) is 1.97. The largest absolute Gasteiger partial charge is 0.337 e. The maximum Gasteiger partial charge on any atom is 0.274 e. The van der Waals surface area contributed by atoms with Gasteiger partial charge in [-0.05, 0) is 24.8 Å². The molecule has 0 bridgehead atoms. The fraction of sp³-hybridized carbons (Fsp3) is 0.412. The molecule has 4 rings (SSSR count). The molecule has 1 atom stereocenters. The van der Waals surface area contributed by atoms with E-state index in [-0.39, 0.29) is 17.2 Å².